The molecular formula is C16H12Cl2FNO3. The number of hydrogen-bond acceptors (Lipinski definition) is 3. The summed E-state index contributed by atoms with van der Waals surface area (Å²) in [7, 11) is 1.21. The molecule has 0 aliphatic heterocycles. The molecule has 0 spiro atoms. The molecule has 23 heavy (non-hydrogen) atoms. The molecule has 0 fully saturated rings. The minimum atomic E-state index is -0.659. The average Bonchev–Trinajstić information content (AvgIpc) is 2.51. The van der Waals surface area contributed by atoms with Gasteiger partial charge < -0.3 is 10.1 Å². The number of ether oxygens (including phenoxy) is 1. The zero-order valence-electron chi connectivity index (χ0n) is 12.0. The SMILES string of the molecule is COC(=O)c1ccc(F)c(NC(=O)Cc2ccc(Cl)cc2Cl)c1. The number of anilines is 1. The lowest BCUT2D eigenvalue weighted by Gasteiger charge is -2.09. The van der Waals surface area contributed by atoms with Gasteiger partial charge in [0, 0.05) is 10.0 Å². The molecule has 2 aromatic carbocycles. The van der Waals surface area contributed by atoms with Crippen molar-refractivity contribution >= 4 is 40.8 Å². The molecule has 0 saturated carbocycles. The van der Waals surface area contributed by atoms with Gasteiger partial charge in [-0.25, -0.2) is 9.18 Å². The summed E-state index contributed by atoms with van der Waals surface area (Å²) in [4.78, 5) is 23.5. The molecule has 2 aromatic rings. The van der Waals surface area contributed by atoms with Crippen LogP contribution in [0.15, 0.2) is 36.4 Å². The first-order valence-electron chi connectivity index (χ1n) is 6.52. The smallest absolute Gasteiger partial charge is 0.337 e. The van der Waals surface area contributed by atoms with E-state index in [0.717, 1.165) is 6.07 Å². The fraction of sp³-hybridized carbons (Fsp3) is 0.125. The number of benzene rings is 2. The number of esters is 1. The highest BCUT2D eigenvalue weighted by atomic mass is 35.5. The van der Waals surface area contributed by atoms with Crippen LogP contribution in [0.2, 0.25) is 10.0 Å². The van der Waals surface area contributed by atoms with Gasteiger partial charge >= 0.3 is 5.97 Å². The highest BCUT2D eigenvalue weighted by molar-refractivity contribution is 6.35. The second-order valence-corrected chi connectivity index (χ2v) is 5.49. The number of nitrogens with one attached hydrogen (secondary N) is 1. The first-order chi connectivity index (χ1) is 10.9. The molecule has 0 radical (unpaired) electrons. The van der Waals surface area contributed by atoms with Crippen LogP contribution in [0.4, 0.5) is 10.1 Å². The fourth-order valence-electron chi connectivity index (χ4n) is 1.90. The van der Waals surface area contributed by atoms with Crippen molar-refractivity contribution in [1.82, 2.24) is 0 Å². The molecular weight excluding hydrogens is 344 g/mol. The summed E-state index contributed by atoms with van der Waals surface area (Å²) in [6.45, 7) is 0. The molecule has 4 nitrogen and oxygen atoms in total. The van der Waals surface area contributed by atoms with Gasteiger partial charge in [0.15, 0.2) is 0 Å². The summed E-state index contributed by atoms with van der Waals surface area (Å²) in [6.07, 6.45) is -0.0576. The molecule has 0 aromatic heterocycles. The lowest BCUT2D eigenvalue weighted by Crippen LogP contribution is -2.16. The van der Waals surface area contributed by atoms with Crippen molar-refractivity contribution in [3.05, 3.63) is 63.4 Å². The second-order valence-electron chi connectivity index (χ2n) is 4.65. The summed E-state index contributed by atoms with van der Waals surface area (Å²) in [6, 6.07) is 8.30. The maximum absolute atomic E-state index is 13.8. The summed E-state index contributed by atoms with van der Waals surface area (Å²) in [5.74, 6) is -1.76. The Bertz CT molecular complexity index is 765. The van der Waals surface area contributed by atoms with Crippen molar-refractivity contribution in [2.45, 2.75) is 6.42 Å². The van der Waals surface area contributed by atoms with Crippen LogP contribution >= 0.6 is 23.2 Å². The number of amides is 1. The molecule has 0 heterocycles. The van der Waals surface area contributed by atoms with Gasteiger partial charge in [-0.15, -0.1) is 0 Å². The van der Waals surface area contributed by atoms with Crippen LogP contribution < -0.4 is 5.32 Å². The zero-order valence-corrected chi connectivity index (χ0v) is 13.5. The van der Waals surface area contributed by atoms with Crippen LogP contribution in [-0.2, 0) is 16.0 Å². The van der Waals surface area contributed by atoms with Crippen molar-refractivity contribution in [2.75, 3.05) is 12.4 Å². The standard InChI is InChI=1S/C16H12Cl2FNO3/c1-23-16(22)10-3-5-13(19)14(6-10)20-15(21)7-9-2-4-11(17)8-12(9)18/h2-6,8H,7H2,1H3,(H,20,21). The molecule has 0 unspecified atom stereocenters. The van der Waals surface area contributed by atoms with Crippen LogP contribution in [0.25, 0.3) is 0 Å². The maximum atomic E-state index is 13.8. The highest BCUT2D eigenvalue weighted by Gasteiger charge is 2.13. The fourth-order valence-corrected chi connectivity index (χ4v) is 2.37. The predicted molar refractivity (Wildman–Crippen MR) is 86.5 cm³/mol. The lowest BCUT2D eigenvalue weighted by atomic mass is 10.1. The third-order valence-electron chi connectivity index (χ3n) is 3.03. The molecule has 0 aliphatic carbocycles. The monoisotopic (exact) mass is 355 g/mol. The van der Waals surface area contributed by atoms with Gasteiger partial charge in [0.25, 0.3) is 0 Å². The third kappa shape index (κ3) is 4.43. The van der Waals surface area contributed by atoms with Crippen LogP contribution in [0.5, 0.6) is 0 Å². The largest absolute Gasteiger partial charge is 0.465 e. The lowest BCUT2D eigenvalue weighted by molar-refractivity contribution is -0.115. The Morgan fingerprint density at radius 3 is 2.57 bits per heavy atom. The van der Waals surface area contributed by atoms with Gasteiger partial charge in [0.05, 0.1) is 24.8 Å². The number of halogens is 3. The van der Waals surface area contributed by atoms with E-state index in [4.69, 9.17) is 23.2 Å². The van der Waals surface area contributed by atoms with Crippen molar-refractivity contribution in [3.8, 4) is 0 Å². The van der Waals surface area contributed by atoms with Gasteiger partial charge in [0.1, 0.15) is 5.82 Å². The molecule has 2 rings (SSSR count). The van der Waals surface area contributed by atoms with Crippen molar-refractivity contribution in [2.24, 2.45) is 0 Å². The van der Waals surface area contributed by atoms with E-state index in [-0.39, 0.29) is 17.7 Å². The van der Waals surface area contributed by atoms with Crippen molar-refractivity contribution in [1.29, 1.82) is 0 Å². The summed E-state index contributed by atoms with van der Waals surface area (Å²) in [5, 5.41) is 3.21. The van der Waals surface area contributed by atoms with E-state index in [1.165, 1.54) is 25.3 Å². The van der Waals surface area contributed by atoms with Crippen LogP contribution in [0.3, 0.4) is 0 Å². The Hall–Kier alpha value is -2.11. The van der Waals surface area contributed by atoms with Gasteiger partial charge in [0.2, 0.25) is 5.91 Å². The quantitative estimate of drug-likeness (QED) is 0.840. The number of carbonyl (C=O) groups is 2. The topological polar surface area (TPSA) is 55.4 Å². The van der Waals surface area contributed by atoms with Gasteiger partial charge in [-0.2, -0.15) is 0 Å². The van der Waals surface area contributed by atoms with E-state index in [0.29, 0.717) is 15.6 Å². The van der Waals surface area contributed by atoms with E-state index in [9.17, 15) is 14.0 Å². The Morgan fingerprint density at radius 1 is 1.17 bits per heavy atom. The number of hydrogen-bond donors (Lipinski definition) is 1. The van der Waals surface area contributed by atoms with Crippen LogP contribution in [-0.4, -0.2) is 19.0 Å². The molecule has 7 heteroatoms. The van der Waals surface area contributed by atoms with Crippen LogP contribution in [0, 0.1) is 5.82 Å². The molecule has 120 valence electrons. The average molecular weight is 356 g/mol. The van der Waals surface area contributed by atoms with Crippen molar-refractivity contribution in [3.63, 3.8) is 0 Å². The number of carbonyl (C=O) groups excluding carboxylic acids is 2. The van der Waals surface area contributed by atoms with Gasteiger partial charge in [-0.05, 0) is 35.9 Å². The first kappa shape index (κ1) is 17.2. The molecule has 0 atom stereocenters. The summed E-state index contributed by atoms with van der Waals surface area (Å²) < 4.78 is 18.3. The molecule has 0 bridgehead atoms. The van der Waals surface area contributed by atoms with Crippen LogP contribution in [0.1, 0.15) is 15.9 Å². The molecule has 1 amide bonds. The number of rotatable bonds is 4. The Balaban J connectivity index is 2.15. The van der Waals surface area contributed by atoms with E-state index in [2.05, 4.69) is 10.1 Å². The third-order valence-corrected chi connectivity index (χ3v) is 3.61. The highest BCUT2D eigenvalue weighted by Crippen LogP contribution is 2.22. The Morgan fingerprint density at radius 2 is 1.91 bits per heavy atom. The summed E-state index contributed by atoms with van der Waals surface area (Å²) in [5.41, 5.74) is 0.579. The molecule has 0 saturated heterocycles. The normalized spacial score (nSPS) is 10.3. The van der Waals surface area contributed by atoms with E-state index in [1.807, 2.05) is 0 Å². The van der Waals surface area contributed by atoms with E-state index >= 15 is 0 Å². The first-order valence-corrected chi connectivity index (χ1v) is 7.28. The predicted octanol–water partition coefficient (Wildman–Crippen LogP) is 4.10. The minimum Gasteiger partial charge on any atom is -0.465 e. The van der Waals surface area contributed by atoms with Gasteiger partial charge in [-0.3, -0.25) is 4.79 Å². The van der Waals surface area contributed by atoms with E-state index in [1.54, 1.807) is 12.1 Å². The van der Waals surface area contributed by atoms with Crippen molar-refractivity contribution < 1.29 is 18.7 Å². The molecule has 1 N–H and O–H groups in total. The Kier molecular flexibility index (Phi) is 5.58. The van der Waals surface area contributed by atoms with E-state index < -0.39 is 17.7 Å². The summed E-state index contributed by atoms with van der Waals surface area (Å²) >= 11 is 11.8. The molecule has 0 aliphatic rings. The maximum Gasteiger partial charge on any atom is 0.337 e. The van der Waals surface area contributed by atoms with Gasteiger partial charge in [-0.1, -0.05) is 29.3 Å². The number of methoxy groups -OCH3 is 1. The second kappa shape index (κ2) is 7.44. The zero-order chi connectivity index (χ0) is 17.0. The Labute approximate surface area is 142 Å². The minimum absolute atomic E-state index is 0.0576.